The van der Waals surface area contributed by atoms with Crippen molar-refractivity contribution < 1.29 is 8.42 Å². The van der Waals surface area contributed by atoms with E-state index in [9.17, 15) is 8.42 Å². The van der Waals surface area contributed by atoms with E-state index in [1.807, 2.05) is 27.7 Å². The molecule has 0 aromatic heterocycles. The van der Waals surface area contributed by atoms with Crippen LogP contribution in [-0.4, -0.2) is 36.2 Å². The summed E-state index contributed by atoms with van der Waals surface area (Å²) in [6, 6.07) is 6.67. The second-order valence-corrected chi connectivity index (χ2v) is 8.43. The van der Waals surface area contributed by atoms with Gasteiger partial charge in [-0.05, 0) is 51.6 Å². The van der Waals surface area contributed by atoms with Gasteiger partial charge in [0.05, 0.1) is 10.4 Å². The van der Waals surface area contributed by atoms with Crippen LogP contribution >= 0.6 is 11.8 Å². The molecule has 0 aliphatic carbocycles. The lowest BCUT2D eigenvalue weighted by Gasteiger charge is -2.32. The highest BCUT2D eigenvalue weighted by Gasteiger charge is 2.32. The van der Waals surface area contributed by atoms with E-state index in [0.717, 1.165) is 10.7 Å². The van der Waals surface area contributed by atoms with Crippen molar-refractivity contribution in [2.24, 2.45) is 9.39 Å². The third-order valence-electron chi connectivity index (χ3n) is 2.70. The smallest absolute Gasteiger partial charge is 0.284 e. The zero-order valence-corrected chi connectivity index (χ0v) is 14.4. The topological polar surface area (TPSA) is 62.1 Å². The summed E-state index contributed by atoms with van der Waals surface area (Å²) in [6.07, 6.45) is 0. The van der Waals surface area contributed by atoms with Gasteiger partial charge in [-0.2, -0.15) is 8.42 Å². The molecule has 2 rings (SSSR count). The first-order valence-electron chi connectivity index (χ1n) is 6.51. The summed E-state index contributed by atoms with van der Waals surface area (Å²) in [5, 5.41) is 1.22. The Morgan fingerprint density at radius 1 is 1.10 bits per heavy atom. The van der Waals surface area contributed by atoms with E-state index in [0.29, 0.717) is 5.17 Å². The molecule has 1 saturated heterocycles. The molecule has 5 nitrogen and oxygen atoms in total. The molecule has 1 aliphatic heterocycles. The lowest BCUT2D eigenvalue weighted by Crippen LogP contribution is -2.42. The van der Waals surface area contributed by atoms with Gasteiger partial charge in [0, 0.05) is 7.05 Å². The molecule has 0 unspecified atom stereocenters. The van der Waals surface area contributed by atoms with Crippen molar-refractivity contribution in [1.82, 2.24) is 4.90 Å². The van der Waals surface area contributed by atoms with Crippen molar-refractivity contribution in [3.8, 4) is 0 Å². The van der Waals surface area contributed by atoms with E-state index < -0.39 is 10.0 Å². The van der Waals surface area contributed by atoms with Crippen LogP contribution in [0, 0.1) is 6.92 Å². The Kier molecular flexibility index (Phi) is 4.17. The Labute approximate surface area is 130 Å². The summed E-state index contributed by atoms with van der Waals surface area (Å²) in [7, 11) is -1.90. The molecule has 0 spiro atoms. The van der Waals surface area contributed by atoms with Gasteiger partial charge in [-0.25, -0.2) is 0 Å². The van der Waals surface area contributed by atoms with Gasteiger partial charge in [-0.15, -0.1) is 4.40 Å². The van der Waals surface area contributed by atoms with Crippen molar-refractivity contribution in [1.29, 1.82) is 0 Å². The lowest BCUT2D eigenvalue weighted by molar-refractivity contribution is 0.572. The fraction of sp³-hybridized carbons (Fsp3) is 0.429. The predicted octanol–water partition coefficient (Wildman–Crippen LogP) is 2.87. The molecule has 0 atom stereocenters. The predicted molar refractivity (Wildman–Crippen MR) is 88.3 cm³/mol. The molecule has 0 saturated carbocycles. The first-order valence-corrected chi connectivity index (χ1v) is 8.77. The van der Waals surface area contributed by atoms with Crippen LogP contribution in [0.4, 0.5) is 0 Å². The maximum absolute atomic E-state index is 12.2. The average molecular weight is 325 g/mol. The van der Waals surface area contributed by atoms with Gasteiger partial charge in [-0.1, -0.05) is 17.7 Å². The van der Waals surface area contributed by atoms with Crippen LogP contribution in [0.5, 0.6) is 0 Å². The van der Waals surface area contributed by atoms with Crippen molar-refractivity contribution >= 4 is 32.1 Å². The molecule has 0 amide bonds. The second-order valence-electron chi connectivity index (χ2n) is 5.89. The number of rotatable bonds is 2. The first kappa shape index (κ1) is 16.0. The number of sulfonamides is 1. The average Bonchev–Trinajstić information content (AvgIpc) is 2.36. The Morgan fingerprint density at radius 2 is 1.67 bits per heavy atom. The van der Waals surface area contributed by atoms with Crippen molar-refractivity contribution in [3.63, 3.8) is 0 Å². The van der Waals surface area contributed by atoms with Crippen LogP contribution in [0.2, 0.25) is 0 Å². The number of thioether (sulfide) groups is 1. The maximum atomic E-state index is 12.2. The molecular weight excluding hydrogens is 306 g/mol. The fourth-order valence-corrected chi connectivity index (χ4v) is 3.75. The van der Waals surface area contributed by atoms with Crippen LogP contribution in [0.15, 0.2) is 38.6 Å². The quantitative estimate of drug-likeness (QED) is 0.839. The minimum Gasteiger partial charge on any atom is -0.302 e. The summed E-state index contributed by atoms with van der Waals surface area (Å²) in [4.78, 5) is 6.39. The molecular formula is C14H19N3O2S2. The van der Waals surface area contributed by atoms with Gasteiger partial charge in [0.1, 0.15) is 0 Å². The Morgan fingerprint density at radius 3 is 2.14 bits per heavy atom. The Bertz CT molecular complexity index is 699. The summed E-state index contributed by atoms with van der Waals surface area (Å²) in [5.41, 5.74) is 0.814. The largest absolute Gasteiger partial charge is 0.302 e. The van der Waals surface area contributed by atoms with Crippen LogP contribution in [0.1, 0.15) is 26.3 Å². The molecule has 1 heterocycles. The van der Waals surface area contributed by atoms with Gasteiger partial charge in [-0.3, -0.25) is 4.99 Å². The van der Waals surface area contributed by atoms with Crippen molar-refractivity contribution in [2.45, 2.75) is 38.1 Å². The molecule has 7 heteroatoms. The molecule has 1 aromatic carbocycles. The highest BCUT2D eigenvalue weighted by atomic mass is 32.2. The normalized spacial score (nSPS) is 20.0. The standard InChI is InChI=1S/C14H19N3O2S2/c1-10-6-8-11(9-7-10)21(18,19)16-13-17(5)12(20-13)15-14(2,3)4/h6-9H,1-5H3/b15-12?,16-13+. The van der Waals surface area contributed by atoms with Gasteiger partial charge in [0.25, 0.3) is 10.0 Å². The lowest BCUT2D eigenvalue weighted by atomic mass is 10.1. The number of aliphatic imine (C=N–C) groups is 1. The minimum absolute atomic E-state index is 0.196. The number of nitrogens with zero attached hydrogens (tertiary/aromatic N) is 3. The summed E-state index contributed by atoms with van der Waals surface area (Å²) in [6.45, 7) is 7.89. The third kappa shape index (κ3) is 3.85. The molecule has 0 N–H and O–H groups in total. The summed E-state index contributed by atoms with van der Waals surface area (Å²) in [5.74, 6) is 0. The Hall–Kier alpha value is -1.34. The SMILES string of the molecule is Cc1ccc(S(=O)(=O)/N=C2/SC(=NC(C)(C)C)N2C)cc1. The zero-order chi connectivity index (χ0) is 15.8. The number of hydrogen-bond acceptors (Lipinski definition) is 4. The number of amidine groups is 2. The zero-order valence-electron chi connectivity index (χ0n) is 12.8. The first-order chi connectivity index (χ1) is 9.58. The molecule has 1 aromatic rings. The van der Waals surface area contributed by atoms with E-state index in [1.165, 1.54) is 11.8 Å². The molecule has 21 heavy (non-hydrogen) atoms. The summed E-state index contributed by atoms with van der Waals surface area (Å²) < 4.78 is 28.3. The van der Waals surface area contributed by atoms with Gasteiger partial charge >= 0.3 is 0 Å². The van der Waals surface area contributed by atoms with Crippen molar-refractivity contribution in [2.75, 3.05) is 7.05 Å². The van der Waals surface area contributed by atoms with Crippen molar-refractivity contribution in [3.05, 3.63) is 29.8 Å². The van der Waals surface area contributed by atoms with E-state index >= 15 is 0 Å². The highest BCUT2D eigenvalue weighted by Crippen LogP contribution is 2.29. The van der Waals surface area contributed by atoms with E-state index in [1.54, 1.807) is 36.2 Å². The molecule has 0 radical (unpaired) electrons. The van der Waals surface area contributed by atoms with Crippen LogP contribution in [0.25, 0.3) is 0 Å². The Balaban J connectivity index is 2.22. The monoisotopic (exact) mass is 325 g/mol. The molecule has 1 aliphatic rings. The maximum Gasteiger partial charge on any atom is 0.284 e. The van der Waals surface area contributed by atoms with Gasteiger partial charge in [0.15, 0.2) is 10.3 Å². The molecule has 0 bridgehead atoms. The molecule has 1 fully saturated rings. The number of benzene rings is 1. The van der Waals surface area contributed by atoms with E-state index in [2.05, 4.69) is 9.39 Å². The number of hydrogen-bond donors (Lipinski definition) is 0. The third-order valence-corrected chi connectivity index (χ3v) is 5.20. The van der Waals surface area contributed by atoms with E-state index in [-0.39, 0.29) is 10.4 Å². The van der Waals surface area contributed by atoms with Gasteiger partial charge < -0.3 is 4.90 Å². The summed E-state index contributed by atoms with van der Waals surface area (Å²) >= 11 is 1.28. The van der Waals surface area contributed by atoms with Crippen LogP contribution < -0.4 is 0 Å². The fourth-order valence-electron chi connectivity index (χ4n) is 1.59. The molecule has 114 valence electrons. The highest BCUT2D eigenvalue weighted by molar-refractivity contribution is 8.29. The second kappa shape index (κ2) is 5.46. The minimum atomic E-state index is -3.67. The van der Waals surface area contributed by atoms with E-state index in [4.69, 9.17) is 0 Å². The van der Waals surface area contributed by atoms with Crippen LogP contribution in [0.3, 0.4) is 0 Å². The van der Waals surface area contributed by atoms with Gasteiger partial charge in [0.2, 0.25) is 0 Å². The van der Waals surface area contributed by atoms with Crippen LogP contribution in [-0.2, 0) is 10.0 Å². The number of aryl methyl sites for hydroxylation is 1.